The number of nitrogens with two attached hydrogens (primary N) is 1. The van der Waals surface area contributed by atoms with Crippen LogP contribution in [0.5, 0.6) is 0 Å². The Morgan fingerprint density at radius 2 is 2.14 bits per heavy atom. The first-order valence-electron chi connectivity index (χ1n) is 7.51. The van der Waals surface area contributed by atoms with Crippen molar-refractivity contribution in [2.24, 2.45) is 5.73 Å². The molecule has 0 bridgehead atoms. The number of rotatable bonds is 5. The highest BCUT2D eigenvalue weighted by molar-refractivity contribution is 5.76. The van der Waals surface area contributed by atoms with Crippen LogP contribution in [0, 0.1) is 6.92 Å². The smallest absolute Gasteiger partial charge is 0.221 e. The van der Waals surface area contributed by atoms with Gasteiger partial charge in [-0.25, -0.2) is 0 Å². The zero-order valence-corrected chi connectivity index (χ0v) is 12.9. The van der Waals surface area contributed by atoms with Crippen LogP contribution in [0.15, 0.2) is 18.2 Å². The first kappa shape index (κ1) is 15.8. The Labute approximate surface area is 126 Å². The molecule has 1 saturated heterocycles. The van der Waals surface area contributed by atoms with Crippen molar-refractivity contribution in [2.45, 2.75) is 32.9 Å². The highest BCUT2D eigenvalue weighted by Crippen LogP contribution is 2.23. The van der Waals surface area contributed by atoms with Gasteiger partial charge in [-0.3, -0.25) is 4.79 Å². The number of nitrogens with one attached hydrogen (secondary N) is 1. The van der Waals surface area contributed by atoms with E-state index in [4.69, 9.17) is 10.5 Å². The van der Waals surface area contributed by atoms with Crippen LogP contribution in [0.4, 0.5) is 5.69 Å². The van der Waals surface area contributed by atoms with Crippen LogP contribution in [0.3, 0.4) is 0 Å². The lowest BCUT2D eigenvalue weighted by atomic mass is 10.1. The summed E-state index contributed by atoms with van der Waals surface area (Å²) in [4.78, 5) is 14.1. The number of carbonyl (C=O) groups excluding carboxylic acids is 1. The standard InChI is InChI=1S/C16H25N3O2/c1-12-3-4-14(11-18-16(20)10-13(2)17)15(9-12)19-5-7-21-8-6-19/h3-4,9,13H,5-8,10-11,17H2,1-2H3,(H,18,20). The number of amides is 1. The van der Waals surface area contributed by atoms with Crippen LogP contribution in [0.1, 0.15) is 24.5 Å². The molecule has 1 atom stereocenters. The van der Waals surface area contributed by atoms with Crippen LogP contribution in [0.2, 0.25) is 0 Å². The number of hydrogen-bond donors (Lipinski definition) is 2. The molecule has 0 aliphatic carbocycles. The third kappa shape index (κ3) is 4.72. The van der Waals surface area contributed by atoms with E-state index in [9.17, 15) is 4.79 Å². The number of carbonyl (C=O) groups is 1. The summed E-state index contributed by atoms with van der Waals surface area (Å²) < 4.78 is 5.41. The highest BCUT2D eigenvalue weighted by Gasteiger charge is 2.15. The molecule has 5 nitrogen and oxygen atoms in total. The van der Waals surface area contributed by atoms with Gasteiger partial charge in [-0.15, -0.1) is 0 Å². The molecule has 1 aromatic rings. The van der Waals surface area contributed by atoms with E-state index < -0.39 is 0 Å². The summed E-state index contributed by atoms with van der Waals surface area (Å²) in [6.07, 6.45) is 0.360. The second-order valence-corrected chi connectivity index (χ2v) is 5.69. The van der Waals surface area contributed by atoms with Gasteiger partial charge in [0.1, 0.15) is 0 Å². The molecule has 1 fully saturated rings. The van der Waals surface area contributed by atoms with Gasteiger partial charge in [-0.05, 0) is 31.0 Å². The summed E-state index contributed by atoms with van der Waals surface area (Å²) in [5, 5.41) is 2.95. The van der Waals surface area contributed by atoms with Crippen molar-refractivity contribution in [3.8, 4) is 0 Å². The van der Waals surface area contributed by atoms with Crippen molar-refractivity contribution in [1.29, 1.82) is 0 Å². The largest absolute Gasteiger partial charge is 0.378 e. The molecule has 2 rings (SSSR count). The highest BCUT2D eigenvalue weighted by atomic mass is 16.5. The van der Waals surface area contributed by atoms with Crippen molar-refractivity contribution in [3.05, 3.63) is 29.3 Å². The molecular weight excluding hydrogens is 266 g/mol. The van der Waals surface area contributed by atoms with E-state index in [1.54, 1.807) is 0 Å². The number of nitrogens with zero attached hydrogens (tertiary/aromatic N) is 1. The molecule has 0 saturated carbocycles. The molecule has 1 aliphatic rings. The third-order valence-electron chi connectivity index (χ3n) is 3.58. The Morgan fingerprint density at radius 1 is 1.43 bits per heavy atom. The van der Waals surface area contributed by atoms with E-state index in [0.29, 0.717) is 13.0 Å². The molecule has 1 aliphatic heterocycles. The van der Waals surface area contributed by atoms with Crippen molar-refractivity contribution in [3.63, 3.8) is 0 Å². The summed E-state index contributed by atoms with van der Waals surface area (Å²) in [6, 6.07) is 6.24. The molecule has 3 N–H and O–H groups in total. The van der Waals surface area contributed by atoms with Crippen LogP contribution in [0.25, 0.3) is 0 Å². The van der Waals surface area contributed by atoms with Crippen molar-refractivity contribution in [2.75, 3.05) is 31.2 Å². The Bertz CT molecular complexity index is 482. The second kappa shape index (κ2) is 7.43. The zero-order chi connectivity index (χ0) is 15.2. The van der Waals surface area contributed by atoms with Crippen LogP contribution < -0.4 is 16.0 Å². The van der Waals surface area contributed by atoms with Gasteiger partial charge >= 0.3 is 0 Å². The molecule has 0 spiro atoms. The van der Waals surface area contributed by atoms with Crippen LogP contribution >= 0.6 is 0 Å². The monoisotopic (exact) mass is 291 g/mol. The molecule has 0 radical (unpaired) electrons. The summed E-state index contributed by atoms with van der Waals surface area (Å²) in [5.74, 6) is -0.00139. The van der Waals surface area contributed by atoms with E-state index in [2.05, 4.69) is 35.3 Å². The van der Waals surface area contributed by atoms with Crippen LogP contribution in [-0.4, -0.2) is 38.3 Å². The maximum Gasteiger partial charge on any atom is 0.221 e. The zero-order valence-electron chi connectivity index (χ0n) is 12.9. The van der Waals surface area contributed by atoms with Gasteiger partial charge in [0.25, 0.3) is 0 Å². The number of benzene rings is 1. The Morgan fingerprint density at radius 3 is 2.81 bits per heavy atom. The summed E-state index contributed by atoms with van der Waals surface area (Å²) in [6.45, 7) is 7.76. The van der Waals surface area contributed by atoms with Gasteiger partial charge < -0.3 is 20.7 Å². The fourth-order valence-corrected chi connectivity index (χ4v) is 2.48. The normalized spacial score (nSPS) is 16.6. The van der Waals surface area contributed by atoms with E-state index in [1.165, 1.54) is 11.3 Å². The average Bonchev–Trinajstić information content (AvgIpc) is 2.46. The van der Waals surface area contributed by atoms with Gasteiger partial charge in [0.15, 0.2) is 0 Å². The van der Waals surface area contributed by atoms with Crippen LogP contribution in [-0.2, 0) is 16.1 Å². The molecule has 116 valence electrons. The van der Waals surface area contributed by atoms with Crippen molar-refractivity contribution in [1.82, 2.24) is 5.32 Å². The number of ether oxygens (including phenoxy) is 1. The number of morpholine rings is 1. The quantitative estimate of drug-likeness (QED) is 0.855. The fraction of sp³-hybridized carbons (Fsp3) is 0.562. The van der Waals surface area contributed by atoms with E-state index >= 15 is 0 Å². The molecule has 1 aromatic carbocycles. The fourth-order valence-electron chi connectivity index (χ4n) is 2.48. The summed E-state index contributed by atoms with van der Waals surface area (Å²) in [7, 11) is 0. The minimum atomic E-state index is -0.110. The lowest BCUT2D eigenvalue weighted by Gasteiger charge is -2.31. The van der Waals surface area contributed by atoms with Gasteiger partial charge in [-0.1, -0.05) is 12.1 Å². The molecule has 1 unspecified atom stereocenters. The molecule has 5 heteroatoms. The number of aryl methyl sites for hydroxylation is 1. The van der Waals surface area contributed by atoms with E-state index in [1.807, 2.05) is 6.92 Å². The minimum absolute atomic E-state index is 0.00139. The lowest BCUT2D eigenvalue weighted by Crippen LogP contribution is -2.37. The van der Waals surface area contributed by atoms with Gasteiger partial charge in [-0.2, -0.15) is 0 Å². The minimum Gasteiger partial charge on any atom is -0.378 e. The molecule has 1 amide bonds. The summed E-state index contributed by atoms with van der Waals surface area (Å²) in [5.41, 5.74) is 9.20. The first-order chi connectivity index (χ1) is 10.1. The SMILES string of the molecule is Cc1ccc(CNC(=O)CC(C)N)c(N2CCOCC2)c1. The average molecular weight is 291 g/mol. The maximum absolute atomic E-state index is 11.8. The van der Waals surface area contributed by atoms with Crippen molar-refractivity contribution >= 4 is 11.6 Å². The lowest BCUT2D eigenvalue weighted by molar-refractivity contribution is -0.121. The molecule has 0 aromatic heterocycles. The number of hydrogen-bond acceptors (Lipinski definition) is 4. The van der Waals surface area contributed by atoms with Gasteiger partial charge in [0, 0.05) is 37.8 Å². The van der Waals surface area contributed by atoms with Gasteiger partial charge in [0.2, 0.25) is 5.91 Å². The number of anilines is 1. The Kier molecular flexibility index (Phi) is 5.59. The Balaban J connectivity index is 2.06. The van der Waals surface area contributed by atoms with E-state index in [-0.39, 0.29) is 11.9 Å². The summed E-state index contributed by atoms with van der Waals surface area (Å²) >= 11 is 0. The molecular formula is C16H25N3O2. The maximum atomic E-state index is 11.8. The molecule has 21 heavy (non-hydrogen) atoms. The van der Waals surface area contributed by atoms with Crippen molar-refractivity contribution < 1.29 is 9.53 Å². The predicted octanol–water partition coefficient (Wildman–Crippen LogP) is 1.19. The predicted molar refractivity (Wildman–Crippen MR) is 84.3 cm³/mol. The Hall–Kier alpha value is -1.59. The topological polar surface area (TPSA) is 67.6 Å². The van der Waals surface area contributed by atoms with E-state index in [0.717, 1.165) is 31.9 Å². The van der Waals surface area contributed by atoms with Gasteiger partial charge in [0.05, 0.1) is 13.2 Å². The first-order valence-corrected chi connectivity index (χ1v) is 7.51. The molecule has 1 heterocycles. The second-order valence-electron chi connectivity index (χ2n) is 5.69. The third-order valence-corrected chi connectivity index (χ3v) is 3.58.